The van der Waals surface area contributed by atoms with E-state index in [9.17, 15) is 50.8 Å². The summed E-state index contributed by atoms with van der Waals surface area (Å²) >= 11 is 0. The molecule has 10 atom stereocenters. The molecule has 3 aromatic rings. The minimum Gasteiger partial charge on any atom is -0.507 e. The van der Waals surface area contributed by atoms with Crippen LogP contribution >= 0.6 is 0 Å². The second kappa shape index (κ2) is 12.8. The Hall–Kier alpha value is -3.55. The number of fused-ring (bicyclic) bond motifs is 1. The van der Waals surface area contributed by atoms with Crippen LogP contribution in [0.15, 0.2) is 45.6 Å². The lowest BCUT2D eigenvalue weighted by Gasteiger charge is -2.45. The zero-order valence-corrected chi connectivity index (χ0v) is 23.0. The molecule has 2 aliphatic heterocycles. The molecule has 2 aliphatic rings. The lowest BCUT2D eigenvalue weighted by Crippen LogP contribution is -2.65. The number of hydrogen-bond acceptors (Lipinski definition) is 16. The average molecular weight is 625 g/mol. The van der Waals surface area contributed by atoms with Gasteiger partial charge in [-0.3, -0.25) is 4.79 Å². The third-order valence-corrected chi connectivity index (χ3v) is 7.50. The normalized spacial score (nSPS) is 32.5. The van der Waals surface area contributed by atoms with E-state index >= 15 is 0 Å². The average Bonchev–Trinajstić information content (AvgIpc) is 3.02. The predicted octanol–water partition coefficient (Wildman–Crippen LogP) is -2.12. The minimum absolute atomic E-state index is 0.0219. The summed E-state index contributed by atoms with van der Waals surface area (Å²) in [5.41, 5.74) is -0.741. The highest BCUT2D eigenvalue weighted by molar-refractivity contribution is 5.91. The summed E-state index contributed by atoms with van der Waals surface area (Å²) in [5, 5.41) is 92.5. The van der Waals surface area contributed by atoms with Crippen LogP contribution in [0.4, 0.5) is 0 Å². The van der Waals surface area contributed by atoms with E-state index < -0.39 is 103 Å². The summed E-state index contributed by atoms with van der Waals surface area (Å²) in [6.07, 6.45) is -17.3. The van der Waals surface area contributed by atoms with Gasteiger partial charge in [0.05, 0.1) is 20.3 Å². The first kappa shape index (κ1) is 31.9. The maximum Gasteiger partial charge on any atom is 0.229 e. The first-order valence-electron chi connectivity index (χ1n) is 13.4. The van der Waals surface area contributed by atoms with Crippen LogP contribution in [0.3, 0.4) is 0 Å². The number of aliphatic hydroxyl groups excluding tert-OH is 7. The molecule has 0 bridgehead atoms. The van der Waals surface area contributed by atoms with Gasteiger partial charge in [-0.15, -0.1) is 0 Å². The number of benzene rings is 2. The van der Waals surface area contributed by atoms with E-state index in [1.165, 1.54) is 7.11 Å². The van der Waals surface area contributed by atoms with Gasteiger partial charge >= 0.3 is 0 Å². The summed E-state index contributed by atoms with van der Waals surface area (Å²) < 4.78 is 33.1. The lowest BCUT2D eigenvalue weighted by molar-refractivity contribution is -0.358. The van der Waals surface area contributed by atoms with Crippen LogP contribution in [0.5, 0.6) is 23.0 Å². The van der Waals surface area contributed by atoms with Crippen LogP contribution in [0, 0.1) is 0 Å². The topological polar surface area (TPSA) is 258 Å². The summed E-state index contributed by atoms with van der Waals surface area (Å²) in [5.74, 6) is -1.42. The predicted molar refractivity (Wildman–Crippen MR) is 145 cm³/mol. The van der Waals surface area contributed by atoms with E-state index in [1.54, 1.807) is 24.3 Å². The van der Waals surface area contributed by atoms with E-state index in [-0.39, 0.29) is 11.1 Å². The number of aromatic hydroxyl groups is 2. The number of phenols is 2. The van der Waals surface area contributed by atoms with Gasteiger partial charge < -0.3 is 74.1 Å². The van der Waals surface area contributed by atoms with Crippen LogP contribution < -0.4 is 14.9 Å². The quantitative estimate of drug-likeness (QED) is 0.121. The zero-order valence-electron chi connectivity index (χ0n) is 23.0. The van der Waals surface area contributed by atoms with Gasteiger partial charge in [-0.25, -0.2) is 0 Å². The van der Waals surface area contributed by atoms with Gasteiger partial charge in [0.25, 0.3) is 0 Å². The van der Waals surface area contributed by atoms with Crippen molar-refractivity contribution < 1.29 is 74.1 Å². The molecule has 9 N–H and O–H groups in total. The number of hydrogen-bond donors (Lipinski definition) is 9. The fourth-order valence-corrected chi connectivity index (χ4v) is 5.02. The van der Waals surface area contributed by atoms with Crippen molar-refractivity contribution >= 4 is 11.0 Å². The van der Waals surface area contributed by atoms with Crippen molar-refractivity contribution in [1.82, 2.24) is 0 Å². The van der Waals surface area contributed by atoms with E-state index in [2.05, 4.69) is 0 Å². The van der Waals surface area contributed by atoms with E-state index in [4.69, 9.17) is 28.1 Å². The van der Waals surface area contributed by atoms with Crippen molar-refractivity contribution in [3.05, 3.63) is 46.6 Å². The molecule has 2 fully saturated rings. The van der Waals surface area contributed by atoms with Gasteiger partial charge in [-0.1, -0.05) is 0 Å². The van der Waals surface area contributed by atoms with Crippen LogP contribution in [0.2, 0.25) is 0 Å². The van der Waals surface area contributed by atoms with Crippen LogP contribution in [0.1, 0.15) is 0 Å². The number of aliphatic hydroxyl groups is 7. The SMILES string of the molecule is COc1ccc(-c2cc(=O)c3c(O)cc(O[C@@H]4OC(CO)[C@@H](O)[C@H](O)C4O[C@@H]4OC(CO)[C@@H](O)[C@H](O)C4O)c(O)c3o2)cc1. The molecule has 0 spiro atoms. The fraction of sp³-hybridized carbons (Fsp3) is 0.464. The second-order valence-electron chi connectivity index (χ2n) is 10.3. The molecule has 5 rings (SSSR count). The van der Waals surface area contributed by atoms with Gasteiger partial charge in [0.1, 0.15) is 65.4 Å². The van der Waals surface area contributed by atoms with Crippen molar-refractivity contribution in [3.63, 3.8) is 0 Å². The van der Waals surface area contributed by atoms with Gasteiger partial charge in [0.2, 0.25) is 12.0 Å². The Labute approximate surface area is 248 Å². The summed E-state index contributed by atoms with van der Waals surface area (Å²) in [4.78, 5) is 12.9. The largest absolute Gasteiger partial charge is 0.507 e. The number of rotatable bonds is 8. The first-order chi connectivity index (χ1) is 21.0. The minimum atomic E-state index is -1.91. The van der Waals surface area contributed by atoms with Gasteiger partial charge in [-0.05, 0) is 24.3 Å². The first-order valence-corrected chi connectivity index (χ1v) is 13.4. The molecule has 2 saturated heterocycles. The number of ether oxygens (including phenoxy) is 5. The van der Waals surface area contributed by atoms with Crippen molar-refractivity contribution in [1.29, 1.82) is 0 Å². The second-order valence-corrected chi connectivity index (χ2v) is 10.3. The van der Waals surface area contributed by atoms with Crippen LogP contribution in [0.25, 0.3) is 22.3 Å². The Morgan fingerprint density at radius 1 is 0.795 bits per heavy atom. The molecule has 1 aromatic heterocycles. The molecule has 3 heterocycles. The smallest absolute Gasteiger partial charge is 0.229 e. The molecular formula is C28H32O16. The van der Waals surface area contributed by atoms with E-state index in [0.717, 1.165) is 12.1 Å². The van der Waals surface area contributed by atoms with Gasteiger partial charge in [0.15, 0.2) is 29.2 Å². The molecule has 0 radical (unpaired) electrons. The molecule has 4 unspecified atom stereocenters. The maximum atomic E-state index is 12.9. The number of phenolic OH excluding ortho intramolecular Hbond substituents is 2. The van der Waals surface area contributed by atoms with Crippen molar-refractivity contribution in [2.45, 2.75) is 61.4 Å². The van der Waals surface area contributed by atoms with Crippen molar-refractivity contribution in [2.24, 2.45) is 0 Å². The molecular weight excluding hydrogens is 592 g/mol. The fourth-order valence-electron chi connectivity index (χ4n) is 5.02. The van der Waals surface area contributed by atoms with Crippen LogP contribution in [-0.2, 0) is 14.2 Å². The third kappa shape index (κ3) is 5.80. The van der Waals surface area contributed by atoms with Crippen molar-refractivity contribution in [2.75, 3.05) is 20.3 Å². The molecule has 2 aromatic carbocycles. The Bertz CT molecular complexity index is 1510. The monoisotopic (exact) mass is 624 g/mol. The number of methoxy groups -OCH3 is 1. The van der Waals surface area contributed by atoms with Gasteiger partial charge in [-0.2, -0.15) is 0 Å². The van der Waals surface area contributed by atoms with Gasteiger partial charge in [0, 0.05) is 17.7 Å². The summed E-state index contributed by atoms with van der Waals surface area (Å²) in [6, 6.07) is 8.40. The molecule has 16 heteroatoms. The highest BCUT2D eigenvalue weighted by Gasteiger charge is 2.51. The standard InChI is InChI=1S/C28H32O16/c1-39-11-4-2-10(3-5-11)14-6-12(31)18-13(32)7-15(21(35)25(18)40-14)41-28-26(23(37)20(34)17(9-30)43-28)44-27-24(38)22(36)19(33)16(8-29)42-27/h2-7,16-17,19-20,22-24,26-30,32-38H,8-9H2,1H3/t16?,17?,19-,20-,22+,23+,24?,26?,27+,28-/m1/s1. The zero-order chi connectivity index (χ0) is 31.9. The van der Waals surface area contributed by atoms with E-state index in [1.807, 2.05) is 0 Å². The highest BCUT2D eigenvalue weighted by Crippen LogP contribution is 2.42. The summed E-state index contributed by atoms with van der Waals surface area (Å²) in [7, 11) is 1.48. The molecule has 240 valence electrons. The Morgan fingerprint density at radius 2 is 1.41 bits per heavy atom. The Balaban J connectivity index is 1.51. The Morgan fingerprint density at radius 3 is 2.02 bits per heavy atom. The van der Waals surface area contributed by atoms with Crippen molar-refractivity contribution in [3.8, 4) is 34.3 Å². The maximum absolute atomic E-state index is 12.9. The molecule has 0 aliphatic carbocycles. The summed E-state index contributed by atoms with van der Waals surface area (Å²) in [6.45, 7) is -1.59. The lowest BCUT2D eigenvalue weighted by atomic mass is 9.97. The molecule has 44 heavy (non-hydrogen) atoms. The highest BCUT2D eigenvalue weighted by atomic mass is 16.8. The Kier molecular flexibility index (Phi) is 9.28. The molecule has 16 nitrogen and oxygen atoms in total. The van der Waals surface area contributed by atoms with E-state index in [0.29, 0.717) is 11.3 Å². The molecule has 0 saturated carbocycles. The van der Waals surface area contributed by atoms with Crippen LogP contribution in [-0.4, -0.2) is 128 Å². The third-order valence-electron chi connectivity index (χ3n) is 7.50. The molecule has 0 amide bonds.